The van der Waals surface area contributed by atoms with Crippen molar-refractivity contribution < 1.29 is 105 Å². The van der Waals surface area contributed by atoms with Crippen molar-refractivity contribution in [2.75, 3.05) is 252 Å². The van der Waals surface area contributed by atoms with Crippen LogP contribution in [0, 0.1) is 5.92 Å². The summed E-state index contributed by atoms with van der Waals surface area (Å²) in [6.45, 7) is 13.9. The number of hydrogen-bond acceptors (Lipinski definition) is 22. The minimum absolute atomic E-state index is 0.00240. The fraction of sp³-hybridized carbons (Fsp3) is 0.922. The summed E-state index contributed by atoms with van der Waals surface area (Å²) >= 11 is 0. The lowest BCUT2D eigenvalue weighted by molar-refractivity contribution is -0.134. The van der Waals surface area contributed by atoms with E-state index in [2.05, 4.69) is 35.1 Å². The maximum Gasteiger partial charge on any atom is 0.246 e. The molecule has 0 rings (SSSR count). The Balaban J connectivity index is 5.38. The molecule has 1 atom stereocenters. The zero-order valence-electron chi connectivity index (χ0n) is 47.1. The molecule has 77 heavy (non-hydrogen) atoms. The summed E-state index contributed by atoms with van der Waals surface area (Å²) in [7, 11) is 3.22. The predicted octanol–water partition coefficient (Wildman–Crippen LogP) is -0.669. The van der Waals surface area contributed by atoms with Crippen LogP contribution < -0.4 is 21.3 Å². The molecule has 0 aliphatic carbocycles. The molecule has 456 valence electrons. The Morgan fingerprint density at radius 3 is 1.00 bits per heavy atom. The molecule has 5 N–H and O–H groups in total. The van der Waals surface area contributed by atoms with Crippen LogP contribution in [-0.2, 0) is 99.7 Å². The number of nitrogens with one attached hydrogen (secondary N) is 4. The van der Waals surface area contributed by atoms with Crippen LogP contribution >= 0.6 is 0 Å². The monoisotopic (exact) mass is 1120 g/mol. The van der Waals surface area contributed by atoms with Gasteiger partial charge in [0.1, 0.15) is 12.1 Å². The van der Waals surface area contributed by atoms with Crippen molar-refractivity contribution in [1.29, 1.82) is 0 Å². The van der Waals surface area contributed by atoms with Crippen LogP contribution in [0.25, 0.3) is 0 Å². The lowest BCUT2D eigenvalue weighted by Crippen LogP contribution is -2.59. The smallest absolute Gasteiger partial charge is 0.246 e. The van der Waals surface area contributed by atoms with Gasteiger partial charge in [-0.3, -0.25) is 19.2 Å². The van der Waals surface area contributed by atoms with E-state index in [-0.39, 0.29) is 149 Å². The van der Waals surface area contributed by atoms with Gasteiger partial charge in [0.2, 0.25) is 23.6 Å². The fourth-order valence-corrected chi connectivity index (χ4v) is 5.98. The number of carbonyl (C=O) groups excluding carboxylic acids is 4. The molecule has 0 heterocycles. The molecule has 0 aliphatic rings. The summed E-state index contributed by atoms with van der Waals surface area (Å²) in [4.78, 5) is 51.6. The highest BCUT2D eigenvalue weighted by molar-refractivity contribution is 5.78. The van der Waals surface area contributed by atoms with E-state index < -0.39 is 11.4 Å². The van der Waals surface area contributed by atoms with Gasteiger partial charge in [-0.05, 0) is 12.3 Å². The Bertz CT molecular complexity index is 1270. The molecule has 26 heteroatoms. The number of aliphatic hydroxyl groups is 1. The van der Waals surface area contributed by atoms with Crippen molar-refractivity contribution in [3.05, 3.63) is 0 Å². The van der Waals surface area contributed by atoms with E-state index in [1.807, 2.05) is 0 Å². The molecule has 0 aliphatic heterocycles. The second-order valence-corrected chi connectivity index (χ2v) is 17.1. The van der Waals surface area contributed by atoms with Crippen molar-refractivity contribution in [2.45, 2.75) is 51.5 Å². The Morgan fingerprint density at radius 2 is 0.675 bits per heavy atom. The van der Waals surface area contributed by atoms with E-state index in [4.69, 9.17) is 85.6 Å². The first-order valence-electron chi connectivity index (χ1n) is 27.1. The first kappa shape index (κ1) is 74.2. The van der Waals surface area contributed by atoms with Crippen molar-refractivity contribution in [1.82, 2.24) is 21.3 Å². The largest absolute Gasteiger partial charge is 0.394 e. The van der Waals surface area contributed by atoms with Gasteiger partial charge in [0, 0.05) is 59.7 Å². The summed E-state index contributed by atoms with van der Waals surface area (Å²) in [5.74, 6) is -0.744. The van der Waals surface area contributed by atoms with Crippen molar-refractivity contribution in [3.8, 4) is 0 Å². The minimum atomic E-state index is -1.34. The van der Waals surface area contributed by atoms with Crippen LogP contribution in [0.4, 0.5) is 0 Å². The second kappa shape index (κ2) is 59.3. The summed E-state index contributed by atoms with van der Waals surface area (Å²) in [5, 5.41) is 20.1. The molecule has 26 nitrogen and oxygen atoms in total. The molecular formula is C51H100N4O22. The number of aliphatic hydroxyl groups excluding tert-OH is 1. The van der Waals surface area contributed by atoms with E-state index in [9.17, 15) is 19.2 Å². The second-order valence-electron chi connectivity index (χ2n) is 17.1. The van der Waals surface area contributed by atoms with Gasteiger partial charge in [-0.1, -0.05) is 20.3 Å². The Morgan fingerprint density at radius 1 is 0.377 bits per heavy atom. The van der Waals surface area contributed by atoms with Gasteiger partial charge in [0.05, 0.1) is 205 Å². The lowest BCUT2D eigenvalue weighted by Gasteiger charge is -2.34. The van der Waals surface area contributed by atoms with Crippen molar-refractivity contribution in [3.63, 3.8) is 0 Å². The van der Waals surface area contributed by atoms with Crippen LogP contribution in [-0.4, -0.2) is 286 Å². The number of ether oxygens (including phenoxy) is 17. The van der Waals surface area contributed by atoms with Crippen LogP contribution in [0.5, 0.6) is 0 Å². The summed E-state index contributed by atoms with van der Waals surface area (Å²) in [6.07, 6.45) is 2.09. The number of methoxy groups -OCH3 is 2. The number of hydrogen-bond donors (Lipinski definition) is 5. The van der Waals surface area contributed by atoms with Gasteiger partial charge in [0.15, 0.2) is 0 Å². The van der Waals surface area contributed by atoms with Crippen LogP contribution in [0.3, 0.4) is 0 Å². The van der Waals surface area contributed by atoms with Crippen molar-refractivity contribution in [2.24, 2.45) is 5.92 Å². The lowest BCUT2D eigenvalue weighted by atomic mass is 10.0. The molecule has 0 saturated carbocycles. The number of amides is 4. The topological polar surface area (TPSA) is 294 Å². The third kappa shape index (κ3) is 54.9. The molecule has 4 amide bonds. The quantitative estimate of drug-likeness (QED) is 0.0472. The molecule has 0 aromatic carbocycles. The average Bonchev–Trinajstić information content (AvgIpc) is 3.42. The third-order valence-corrected chi connectivity index (χ3v) is 10.4. The summed E-state index contributed by atoms with van der Waals surface area (Å²) in [6, 6.07) is 0. The normalized spacial score (nSPS) is 12.0. The standard InChI is InChI=1S/C51H100N4O22/c1-5-46(2)6-14-63-26-31-73-40-41-74-42-50(60)55-51(43-75-15-7-47(57)52-10-18-64-27-32-70-35-30-67-21-13-56,44-76-16-8-48(58)53-11-19-65-28-33-71-38-36-68-24-22-61-3)45-77-17-9-49(59)54-12-20-66-29-34-72-39-37-69-25-23-62-4/h46,56H,5-45H2,1-4H3,(H,52,57)(H,53,58)(H,54,59)(H,55,60). The zero-order chi connectivity index (χ0) is 56.2. The maximum atomic E-state index is 13.5. The van der Waals surface area contributed by atoms with Gasteiger partial charge >= 0.3 is 0 Å². The first-order valence-corrected chi connectivity index (χ1v) is 27.1. The molecular weight excluding hydrogens is 1020 g/mol. The van der Waals surface area contributed by atoms with Crippen LogP contribution in [0.1, 0.15) is 46.0 Å². The molecule has 0 bridgehead atoms. The average molecular weight is 1120 g/mol. The molecule has 0 fully saturated rings. The highest BCUT2D eigenvalue weighted by Gasteiger charge is 2.34. The van der Waals surface area contributed by atoms with Gasteiger partial charge in [-0.2, -0.15) is 0 Å². The van der Waals surface area contributed by atoms with E-state index >= 15 is 0 Å². The van der Waals surface area contributed by atoms with E-state index in [1.54, 1.807) is 14.2 Å². The van der Waals surface area contributed by atoms with Gasteiger partial charge in [-0.15, -0.1) is 0 Å². The minimum Gasteiger partial charge on any atom is -0.394 e. The van der Waals surface area contributed by atoms with E-state index in [0.29, 0.717) is 131 Å². The van der Waals surface area contributed by atoms with E-state index in [1.165, 1.54) is 0 Å². The number of carbonyl (C=O) groups is 4. The molecule has 0 aromatic heterocycles. The predicted molar refractivity (Wildman–Crippen MR) is 281 cm³/mol. The van der Waals surface area contributed by atoms with Gasteiger partial charge in [0.25, 0.3) is 0 Å². The molecule has 0 saturated heterocycles. The summed E-state index contributed by atoms with van der Waals surface area (Å²) in [5.41, 5.74) is -1.34. The Labute approximate surface area is 458 Å². The Kier molecular flexibility index (Phi) is 57.1. The van der Waals surface area contributed by atoms with Gasteiger partial charge < -0.3 is 107 Å². The maximum absolute atomic E-state index is 13.5. The van der Waals surface area contributed by atoms with Crippen molar-refractivity contribution >= 4 is 23.6 Å². The molecule has 0 radical (unpaired) electrons. The highest BCUT2D eigenvalue weighted by Crippen LogP contribution is 2.11. The zero-order valence-corrected chi connectivity index (χ0v) is 47.1. The van der Waals surface area contributed by atoms with Crippen LogP contribution in [0.15, 0.2) is 0 Å². The number of rotatable bonds is 63. The highest BCUT2D eigenvalue weighted by atomic mass is 16.6. The fourth-order valence-electron chi connectivity index (χ4n) is 5.98. The third-order valence-electron chi connectivity index (χ3n) is 10.4. The molecule has 0 spiro atoms. The molecule has 1 unspecified atom stereocenters. The SMILES string of the molecule is CCC(C)CCOCCOCCOCC(=O)NC(COCCC(=O)NCCOCCOCCOCCO)(COCCC(=O)NCCOCCOCCOCCOC)COCCC(=O)NCCOCCOCCOCCOC. The summed E-state index contributed by atoms with van der Waals surface area (Å²) < 4.78 is 93.5. The van der Waals surface area contributed by atoms with Crippen LogP contribution in [0.2, 0.25) is 0 Å². The molecule has 0 aromatic rings. The van der Waals surface area contributed by atoms with E-state index in [0.717, 1.165) is 12.8 Å². The first-order chi connectivity index (χ1) is 37.7. The van der Waals surface area contributed by atoms with Gasteiger partial charge in [-0.25, -0.2) is 0 Å². The Hall–Kier alpha value is -2.84.